The molecule has 1 amide bonds. The third kappa shape index (κ3) is 5.16. The molecule has 2 N–H and O–H groups in total. The van der Waals surface area contributed by atoms with Crippen LogP contribution in [0.15, 0.2) is 53.7 Å². The molecule has 3 rings (SSSR count). The van der Waals surface area contributed by atoms with Gasteiger partial charge in [0.15, 0.2) is 5.82 Å². The van der Waals surface area contributed by atoms with E-state index in [1.807, 2.05) is 31.2 Å². The molecule has 0 spiro atoms. The van der Waals surface area contributed by atoms with Crippen molar-refractivity contribution in [1.29, 1.82) is 0 Å². The first kappa shape index (κ1) is 18.1. The van der Waals surface area contributed by atoms with Crippen molar-refractivity contribution >= 4 is 17.7 Å². The van der Waals surface area contributed by atoms with Crippen molar-refractivity contribution in [2.24, 2.45) is 0 Å². The summed E-state index contributed by atoms with van der Waals surface area (Å²) in [4.78, 5) is 16.3. The van der Waals surface area contributed by atoms with E-state index in [0.717, 1.165) is 11.1 Å². The Kier molecular flexibility index (Phi) is 6.01. The van der Waals surface area contributed by atoms with Crippen LogP contribution >= 0.6 is 11.8 Å². The van der Waals surface area contributed by atoms with Crippen LogP contribution in [0.2, 0.25) is 0 Å². The Morgan fingerprint density at radius 1 is 1.15 bits per heavy atom. The number of rotatable bonds is 7. The van der Waals surface area contributed by atoms with E-state index in [9.17, 15) is 9.18 Å². The lowest BCUT2D eigenvalue weighted by atomic mass is 10.1. The number of aromatic amines is 1. The number of thioether (sulfide) groups is 1. The molecule has 1 heterocycles. The Morgan fingerprint density at radius 3 is 2.62 bits per heavy atom. The van der Waals surface area contributed by atoms with E-state index in [1.54, 1.807) is 12.1 Å². The maximum absolute atomic E-state index is 12.8. The molecule has 0 radical (unpaired) electrons. The lowest BCUT2D eigenvalue weighted by Gasteiger charge is -2.04. The average Bonchev–Trinajstić information content (AvgIpc) is 3.11. The van der Waals surface area contributed by atoms with E-state index < -0.39 is 0 Å². The molecule has 26 heavy (non-hydrogen) atoms. The topological polar surface area (TPSA) is 70.7 Å². The van der Waals surface area contributed by atoms with Crippen LogP contribution in [0.5, 0.6) is 0 Å². The minimum atomic E-state index is -0.259. The molecule has 0 saturated carbocycles. The molecule has 0 aliphatic rings. The average molecular weight is 370 g/mol. The third-order valence-corrected chi connectivity index (χ3v) is 4.62. The number of hydrogen-bond donors (Lipinski definition) is 2. The number of benzene rings is 2. The molecule has 0 fully saturated rings. The molecule has 0 aliphatic carbocycles. The van der Waals surface area contributed by atoms with Crippen LogP contribution in [0.1, 0.15) is 11.1 Å². The summed E-state index contributed by atoms with van der Waals surface area (Å²) in [7, 11) is 0. The normalized spacial score (nSPS) is 10.7. The molecule has 1 aromatic heterocycles. The number of carbonyl (C=O) groups is 1. The number of H-pyrrole nitrogens is 1. The maximum Gasteiger partial charge on any atom is 0.230 e. The van der Waals surface area contributed by atoms with Crippen LogP contribution in [0.25, 0.3) is 11.4 Å². The summed E-state index contributed by atoms with van der Waals surface area (Å²) in [6, 6.07) is 14.3. The van der Waals surface area contributed by atoms with Crippen LogP contribution in [-0.2, 0) is 11.2 Å². The Labute approximate surface area is 155 Å². The fraction of sp³-hybridized carbons (Fsp3) is 0.211. The van der Waals surface area contributed by atoms with Gasteiger partial charge >= 0.3 is 0 Å². The van der Waals surface area contributed by atoms with Gasteiger partial charge in [-0.2, -0.15) is 0 Å². The van der Waals surface area contributed by atoms with Crippen molar-refractivity contribution in [3.8, 4) is 11.4 Å². The summed E-state index contributed by atoms with van der Waals surface area (Å²) in [6.07, 6.45) is 0.662. The number of halogens is 1. The van der Waals surface area contributed by atoms with Crippen molar-refractivity contribution in [1.82, 2.24) is 20.5 Å². The zero-order valence-corrected chi connectivity index (χ0v) is 15.1. The van der Waals surface area contributed by atoms with Gasteiger partial charge in [-0.3, -0.25) is 9.89 Å². The fourth-order valence-corrected chi connectivity index (χ4v) is 2.96. The predicted molar refractivity (Wildman–Crippen MR) is 100 cm³/mol. The van der Waals surface area contributed by atoms with E-state index in [4.69, 9.17) is 0 Å². The van der Waals surface area contributed by atoms with E-state index >= 15 is 0 Å². The van der Waals surface area contributed by atoms with Crippen molar-refractivity contribution in [3.05, 3.63) is 65.5 Å². The molecular weight excluding hydrogens is 351 g/mol. The zero-order chi connectivity index (χ0) is 18.4. The predicted octanol–water partition coefficient (Wildman–Crippen LogP) is 3.37. The number of nitrogens with one attached hydrogen (secondary N) is 2. The van der Waals surface area contributed by atoms with Gasteiger partial charge in [-0.1, -0.05) is 53.7 Å². The van der Waals surface area contributed by atoms with Gasteiger partial charge < -0.3 is 5.32 Å². The molecule has 0 bridgehead atoms. The van der Waals surface area contributed by atoms with Crippen LogP contribution in [-0.4, -0.2) is 33.4 Å². The molecule has 3 aromatic rings. The second-order valence-corrected chi connectivity index (χ2v) is 6.79. The van der Waals surface area contributed by atoms with Crippen LogP contribution < -0.4 is 5.32 Å². The molecule has 0 atom stereocenters. The smallest absolute Gasteiger partial charge is 0.230 e. The van der Waals surface area contributed by atoms with Gasteiger partial charge in [-0.25, -0.2) is 9.37 Å². The highest BCUT2D eigenvalue weighted by molar-refractivity contribution is 7.99. The quantitative estimate of drug-likeness (QED) is 0.626. The molecule has 7 heteroatoms. The number of aryl methyl sites for hydroxylation is 1. The highest BCUT2D eigenvalue weighted by Gasteiger charge is 2.09. The van der Waals surface area contributed by atoms with Crippen molar-refractivity contribution in [2.45, 2.75) is 18.5 Å². The first-order chi connectivity index (χ1) is 12.6. The Morgan fingerprint density at radius 2 is 1.88 bits per heavy atom. The summed E-state index contributed by atoms with van der Waals surface area (Å²) in [5.74, 6) is 0.586. The van der Waals surface area contributed by atoms with Gasteiger partial charge in [0.2, 0.25) is 11.1 Å². The fourth-order valence-electron chi connectivity index (χ4n) is 2.33. The minimum absolute atomic E-state index is 0.0844. The van der Waals surface area contributed by atoms with Gasteiger partial charge in [0.05, 0.1) is 5.75 Å². The second kappa shape index (κ2) is 8.62. The Hall–Kier alpha value is -2.67. The Bertz CT molecular complexity index is 862. The van der Waals surface area contributed by atoms with Gasteiger partial charge in [0.1, 0.15) is 5.82 Å². The summed E-state index contributed by atoms with van der Waals surface area (Å²) >= 11 is 1.28. The van der Waals surface area contributed by atoms with Gasteiger partial charge in [-0.05, 0) is 31.0 Å². The van der Waals surface area contributed by atoms with Crippen molar-refractivity contribution in [2.75, 3.05) is 12.3 Å². The van der Waals surface area contributed by atoms with E-state index in [2.05, 4.69) is 20.5 Å². The second-order valence-electron chi connectivity index (χ2n) is 5.85. The molecule has 5 nitrogen and oxygen atoms in total. The highest BCUT2D eigenvalue weighted by Crippen LogP contribution is 2.19. The SMILES string of the molecule is Cc1ccc(-c2nc(SCC(=O)NCCc3ccc(F)cc3)n[nH]2)cc1. The number of amides is 1. The first-order valence-electron chi connectivity index (χ1n) is 8.23. The first-order valence-corrected chi connectivity index (χ1v) is 9.22. The van der Waals surface area contributed by atoms with Gasteiger partial charge in [-0.15, -0.1) is 5.10 Å². The van der Waals surface area contributed by atoms with Crippen molar-refractivity contribution in [3.63, 3.8) is 0 Å². The van der Waals surface area contributed by atoms with Crippen molar-refractivity contribution < 1.29 is 9.18 Å². The third-order valence-electron chi connectivity index (χ3n) is 3.77. The van der Waals surface area contributed by atoms with Crippen LogP contribution in [0.4, 0.5) is 4.39 Å². The van der Waals surface area contributed by atoms with E-state index in [-0.39, 0.29) is 17.5 Å². The summed E-state index contributed by atoms with van der Waals surface area (Å²) in [5, 5.41) is 10.4. The molecule has 134 valence electrons. The number of hydrogen-bond acceptors (Lipinski definition) is 4. The van der Waals surface area contributed by atoms with E-state index in [0.29, 0.717) is 23.9 Å². The van der Waals surface area contributed by atoms with Gasteiger partial charge in [0, 0.05) is 12.1 Å². The summed E-state index contributed by atoms with van der Waals surface area (Å²) in [5.41, 5.74) is 3.12. The monoisotopic (exact) mass is 370 g/mol. The van der Waals surface area contributed by atoms with Crippen LogP contribution in [0, 0.1) is 12.7 Å². The minimum Gasteiger partial charge on any atom is -0.355 e. The number of carbonyl (C=O) groups excluding carboxylic acids is 1. The molecule has 0 saturated heterocycles. The maximum atomic E-state index is 12.8. The summed E-state index contributed by atoms with van der Waals surface area (Å²) < 4.78 is 12.8. The number of nitrogens with zero attached hydrogens (tertiary/aromatic N) is 2. The molecule has 2 aromatic carbocycles. The van der Waals surface area contributed by atoms with Crippen LogP contribution in [0.3, 0.4) is 0 Å². The molecule has 0 aliphatic heterocycles. The largest absolute Gasteiger partial charge is 0.355 e. The van der Waals surface area contributed by atoms with Gasteiger partial charge in [0.25, 0.3) is 0 Å². The lowest BCUT2D eigenvalue weighted by Crippen LogP contribution is -2.27. The zero-order valence-electron chi connectivity index (χ0n) is 14.3. The molecule has 0 unspecified atom stereocenters. The summed E-state index contributed by atoms with van der Waals surface area (Å²) in [6.45, 7) is 2.54. The molecular formula is C19H19FN4OS. The highest BCUT2D eigenvalue weighted by atomic mass is 32.2. The lowest BCUT2D eigenvalue weighted by molar-refractivity contribution is -0.118. The standard InChI is InChI=1S/C19H19FN4OS/c1-13-2-6-15(7-3-13)18-22-19(24-23-18)26-12-17(25)21-11-10-14-4-8-16(20)9-5-14/h2-9H,10-12H2,1H3,(H,21,25)(H,22,23,24). The van der Waals surface area contributed by atoms with E-state index in [1.165, 1.54) is 29.5 Å². The number of aromatic nitrogens is 3. The Balaban J connectivity index is 1.43.